The van der Waals surface area contributed by atoms with E-state index in [0.29, 0.717) is 27.3 Å². The second-order valence-electron chi connectivity index (χ2n) is 7.39. The fourth-order valence-electron chi connectivity index (χ4n) is 2.67. The van der Waals surface area contributed by atoms with Crippen molar-refractivity contribution >= 4 is 28.2 Å². The first-order valence-corrected chi connectivity index (χ1v) is 9.86. The molecule has 2 N–H and O–H groups in total. The molecule has 0 fully saturated rings. The molecule has 0 unspecified atom stereocenters. The summed E-state index contributed by atoms with van der Waals surface area (Å²) in [4.78, 5) is 12.3. The highest BCUT2D eigenvalue weighted by Crippen LogP contribution is 2.34. The van der Waals surface area contributed by atoms with Crippen LogP contribution in [-0.2, 0) is 5.41 Å². The van der Waals surface area contributed by atoms with Crippen LogP contribution in [0, 0.1) is 0 Å². The van der Waals surface area contributed by atoms with Crippen LogP contribution in [0.5, 0.6) is 11.5 Å². The highest BCUT2D eigenvalue weighted by atomic mass is 32.1. The number of amides is 2. The molecule has 0 saturated heterocycles. The first kappa shape index (κ1) is 20.6. The number of nitrogens with one attached hydrogen (secondary N) is 2. The number of carbonyl (C=O) groups excluding carboxylic acids is 1. The third-order valence-electron chi connectivity index (χ3n) is 4.28. The van der Waals surface area contributed by atoms with Crippen LogP contribution in [0.25, 0.3) is 10.6 Å². The number of anilines is 2. The van der Waals surface area contributed by atoms with Gasteiger partial charge >= 0.3 is 6.03 Å². The largest absolute Gasteiger partial charge is 0.493 e. The molecule has 7 nitrogen and oxygen atoms in total. The second kappa shape index (κ2) is 8.48. The molecule has 29 heavy (non-hydrogen) atoms. The molecule has 8 heteroatoms. The molecule has 0 bridgehead atoms. The predicted molar refractivity (Wildman–Crippen MR) is 116 cm³/mol. The number of methoxy groups -OCH3 is 2. The minimum absolute atomic E-state index is 0.0634. The molecule has 152 valence electrons. The number of carbonyl (C=O) groups is 1. The van der Waals surface area contributed by atoms with Gasteiger partial charge in [0.15, 0.2) is 11.5 Å². The van der Waals surface area contributed by atoms with Crippen molar-refractivity contribution in [2.24, 2.45) is 0 Å². The van der Waals surface area contributed by atoms with Gasteiger partial charge in [0.05, 0.1) is 14.2 Å². The monoisotopic (exact) mass is 412 g/mol. The first-order valence-electron chi connectivity index (χ1n) is 9.04. The van der Waals surface area contributed by atoms with Crippen LogP contribution < -0.4 is 20.1 Å². The summed E-state index contributed by atoms with van der Waals surface area (Å²) in [5.41, 5.74) is 2.80. The zero-order valence-corrected chi connectivity index (χ0v) is 17.9. The summed E-state index contributed by atoms with van der Waals surface area (Å²) in [6, 6.07) is 12.9. The fourth-order valence-corrected chi connectivity index (χ4v) is 3.41. The van der Waals surface area contributed by atoms with E-state index in [-0.39, 0.29) is 11.4 Å². The number of ether oxygens (including phenoxy) is 2. The maximum atomic E-state index is 12.3. The summed E-state index contributed by atoms with van der Waals surface area (Å²) in [6.07, 6.45) is 0. The van der Waals surface area contributed by atoms with E-state index in [9.17, 15) is 4.79 Å². The van der Waals surface area contributed by atoms with Gasteiger partial charge in [-0.15, -0.1) is 10.2 Å². The smallest absolute Gasteiger partial charge is 0.325 e. The summed E-state index contributed by atoms with van der Waals surface area (Å²) in [5, 5.41) is 14.8. The third-order valence-corrected chi connectivity index (χ3v) is 5.17. The van der Waals surface area contributed by atoms with E-state index >= 15 is 0 Å². The summed E-state index contributed by atoms with van der Waals surface area (Å²) in [6.45, 7) is 6.44. The van der Waals surface area contributed by atoms with Crippen molar-refractivity contribution in [2.75, 3.05) is 24.9 Å². The quantitative estimate of drug-likeness (QED) is 0.604. The minimum Gasteiger partial charge on any atom is -0.493 e. The molecule has 3 aromatic rings. The second-order valence-corrected chi connectivity index (χ2v) is 8.37. The Morgan fingerprint density at radius 1 is 0.931 bits per heavy atom. The van der Waals surface area contributed by atoms with E-state index in [1.807, 2.05) is 36.4 Å². The molecule has 0 atom stereocenters. The molecular formula is C21H24N4O3S. The third kappa shape index (κ3) is 5.03. The van der Waals surface area contributed by atoms with Crippen molar-refractivity contribution in [1.82, 2.24) is 10.2 Å². The number of benzene rings is 2. The molecule has 0 saturated carbocycles. The average Bonchev–Trinajstić information content (AvgIpc) is 3.15. The molecule has 0 spiro atoms. The lowest BCUT2D eigenvalue weighted by Gasteiger charge is -2.19. The van der Waals surface area contributed by atoms with Gasteiger partial charge in [-0.25, -0.2) is 4.79 Å². The molecule has 3 rings (SSSR count). The number of rotatable bonds is 5. The molecule has 1 aromatic heterocycles. The van der Waals surface area contributed by atoms with Crippen molar-refractivity contribution in [1.29, 1.82) is 0 Å². The van der Waals surface area contributed by atoms with Gasteiger partial charge in [0, 0.05) is 11.3 Å². The number of hydrogen-bond donors (Lipinski definition) is 2. The highest BCUT2D eigenvalue weighted by Gasteiger charge is 2.14. The zero-order chi connectivity index (χ0) is 21.0. The lowest BCUT2D eigenvalue weighted by molar-refractivity contribution is 0.262. The molecule has 0 aliphatic heterocycles. The number of nitrogens with zero attached hydrogens (tertiary/aromatic N) is 2. The summed E-state index contributed by atoms with van der Waals surface area (Å²) in [5.74, 6) is 1.24. The van der Waals surface area contributed by atoms with Gasteiger partial charge < -0.3 is 14.8 Å². The SMILES string of the molecule is COc1ccc(-c2nnc(NC(=O)Nc3ccc(C(C)(C)C)cc3)s2)cc1OC. The fraction of sp³-hybridized carbons (Fsp3) is 0.286. The van der Waals surface area contributed by atoms with Crippen LogP contribution in [-0.4, -0.2) is 30.4 Å². The van der Waals surface area contributed by atoms with Gasteiger partial charge in [0.1, 0.15) is 5.01 Å². The maximum Gasteiger partial charge on any atom is 0.325 e. The number of aromatic nitrogens is 2. The molecule has 0 radical (unpaired) electrons. The van der Waals surface area contributed by atoms with Crippen molar-refractivity contribution in [3.63, 3.8) is 0 Å². The van der Waals surface area contributed by atoms with Crippen LogP contribution >= 0.6 is 11.3 Å². The Hall–Kier alpha value is -3.13. The van der Waals surface area contributed by atoms with Gasteiger partial charge in [-0.2, -0.15) is 0 Å². The number of urea groups is 1. The Morgan fingerprint density at radius 2 is 1.62 bits per heavy atom. The van der Waals surface area contributed by atoms with E-state index in [1.165, 1.54) is 16.9 Å². The van der Waals surface area contributed by atoms with E-state index < -0.39 is 0 Å². The average molecular weight is 413 g/mol. The summed E-state index contributed by atoms with van der Waals surface area (Å²) < 4.78 is 10.6. The van der Waals surface area contributed by atoms with Crippen molar-refractivity contribution in [3.8, 4) is 22.1 Å². The van der Waals surface area contributed by atoms with E-state index in [1.54, 1.807) is 20.3 Å². The lowest BCUT2D eigenvalue weighted by Crippen LogP contribution is -2.19. The van der Waals surface area contributed by atoms with Gasteiger partial charge in [0.2, 0.25) is 5.13 Å². The predicted octanol–water partition coefficient (Wildman–Crippen LogP) is 5.16. The maximum absolute atomic E-state index is 12.3. The van der Waals surface area contributed by atoms with Crippen LogP contribution in [0.1, 0.15) is 26.3 Å². The van der Waals surface area contributed by atoms with Crippen molar-refractivity contribution in [3.05, 3.63) is 48.0 Å². The minimum atomic E-state index is -0.372. The summed E-state index contributed by atoms with van der Waals surface area (Å²) in [7, 11) is 3.16. The Labute approximate surface area is 174 Å². The Bertz CT molecular complexity index is 994. The van der Waals surface area contributed by atoms with Gasteiger partial charge in [-0.1, -0.05) is 44.2 Å². The van der Waals surface area contributed by atoms with Crippen LogP contribution in [0.2, 0.25) is 0 Å². The molecule has 0 aliphatic rings. The van der Waals surface area contributed by atoms with E-state index in [0.717, 1.165) is 5.56 Å². The van der Waals surface area contributed by atoms with Crippen molar-refractivity contribution < 1.29 is 14.3 Å². The Balaban J connectivity index is 1.66. The normalized spacial score (nSPS) is 11.1. The van der Waals surface area contributed by atoms with Crippen LogP contribution in [0.15, 0.2) is 42.5 Å². The zero-order valence-electron chi connectivity index (χ0n) is 17.1. The molecule has 1 heterocycles. The van der Waals surface area contributed by atoms with Gasteiger partial charge in [-0.3, -0.25) is 5.32 Å². The Morgan fingerprint density at radius 3 is 2.24 bits per heavy atom. The molecule has 2 aromatic carbocycles. The van der Waals surface area contributed by atoms with E-state index in [4.69, 9.17) is 9.47 Å². The topological polar surface area (TPSA) is 85.4 Å². The van der Waals surface area contributed by atoms with Gasteiger partial charge in [0.25, 0.3) is 0 Å². The Kier molecular flexibility index (Phi) is 6.03. The standard InChI is InChI=1S/C21H24N4O3S/c1-21(2,3)14-7-9-15(10-8-14)22-19(26)23-20-25-24-18(29-20)13-6-11-16(27-4)17(12-13)28-5/h6-12H,1-5H3,(H2,22,23,25,26). The van der Waals surface area contributed by atoms with Crippen LogP contribution in [0.3, 0.4) is 0 Å². The number of hydrogen-bond acceptors (Lipinski definition) is 6. The van der Waals surface area contributed by atoms with Gasteiger partial charge in [-0.05, 0) is 41.3 Å². The highest BCUT2D eigenvalue weighted by molar-refractivity contribution is 7.18. The molecular weight excluding hydrogens is 388 g/mol. The molecule has 2 amide bonds. The van der Waals surface area contributed by atoms with Crippen molar-refractivity contribution in [2.45, 2.75) is 26.2 Å². The summed E-state index contributed by atoms with van der Waals surface area (Å²) >= 11 is 1.27. The molecule has 0 aliphatic carbocycles. The first-order chi connectivity index (χ1) is 13.8. The van der Waals surface area contributed by atoms with Crippen LogP contribution in [0.4, 0.5) is 15.6 Å². The lowest BCUT2D eigenvalue weighted by atomic mass is 9.87. The van der Waals surface area contributed by atoms with E-state index in [2.05, 4.69) is 41.6 Å².